The molecule has 0 spiro atoms. The van der Waals surface area contributed by atoms with E-state index in [1.165, 1.54) is 0 Å². The standard InChI is InChI=1S/C19H22N4O3/c1-22-15(8-11-20-22)17(25)23-12-18(13-23,19(26-2)9-10-19)21-16(24)14-6-4-3-5-7-14/h3-8,11H,9-10,12-13H2,1-2H3,(H,21,24). The van der Waals surface area contributed by atoms with Crippen molar-refractivity contribution in [2.45, 2.75) is 24.0 Å². The first-order valence-electron chi connectivity index (χ1n) is 8.70. The number of carbonyl (C=O) groups is 2. The second kappa shape index (κ2) is 5.95. The summed E-state index contributed by atoms with van der Waals surface area (Å²) in [5.41, 5.74) is 0.203. The highest BCUT2D eigenvalue weighted by molar-refractivity contribution is 5.96. The van der Waals surface area contributed by atoms with Crippen molar-refractivity contribution in [1.29, 1.82) is 0 Å². The molecule has 7 heteroatoms. The lowest BCUT2D eigenvalue weighted by molar-refractivity contribution is -0.0711. The molecule has 1 aromatic heterocycles. The van der Waals surface area contributed by atoms with Crippen molar-refractivity contribution in [1.82, 2.24) is 20.0 Å². The second-order valence-electron chi connectivity index (χ2n) is 7.10. The number of carbonyl (C=O) groups excluding carboxylic acids is 2. The van der Waals surface area contributed by atoms with Gasteiger partial charge in [0.05, 0.1) is 5.60 Å². The van der Waals surface area contributed by atoms with Gasteiger partial charge in [-0.05, 0) is 31.0 Å². The van der Waals surface area contributed by atoms with Crippen LogP contribution in [0.3, 0.4) is 0 Å². The Morgan fingerprint density at radius 3 is 2.38 bits per heavy atom. The molecule has 26 heavy (non-hydrogen) atoms. The van der Waals surface area contributed by atoms with Crippen LogP contribution in [0.15, 0.2) is 42.6 Å². The van der Waals surface area contributed by atoms with Crippen molar-refractivity contribution in [3.63, 3.8) is 0 Å². The van der Waals surface area contributed by atoms with Gasteiger partial charge in [0.1, 0.15) is 11.2 Å². The van der Waals surface area contributed by atoms with Crippen molar-refractivity contribution in [2.24, 2.45) is 7.05 Å². The highest BCUT2D eigenvalue weighted by Gasteiger charge is 2.66. The Kier molecular flexibility index (Phi) is 3.84. The topological polar surface area (TPSA) is 76.5 Å². The van der Waals surface area contributed by atoms with Crippen LogP contribution < -0.4 is 5.32 Å². The Hall–Kier alpha value is -2.67. The summed E-state index contributed by atoms with van der Waals surface area (Å²) in [6.45, 7) is 0.868. The van der Waals surface area contributed by atoms with Crippen molar-refractivity contribution >= 4 is 11.8 Å². The van der Waals surface area contributed by atoms with E-state index in [4.69, 9.17) is 4.74 Å². The predicted octanol–water partition coefficient (Wildman–Crippen LogP) is 1.22. The summed E-state index contributed by atoms with van der Waals surface area (Å²) < 4.78 is 7.33. The van der Waals surface area contributed by atoms with Crippen LogP contribution in [0.2, 0.25) is 0 Å². The molecule has 7 nitrogen and oxygen atoms in total. The summed E-state index contributed by atoms with van der Waals surface area (Å²) in [6.07, 6.45) is 3.37. The van der Waals surface area contributed by atoms with E-state index in [1.54, 1.807) is 48.1 Å². The summed E-state index contributed by atoms with van der Waals surface area (Å²) in [5, 5.41) is 7.22. The van der Waals surface area contributed by atoms with E-state index in [2.05, 4.69) is 10.4 Å². The van der Waals surface area contributed by atoms with Crippen LogP contribution in [-0.4, -0.2) is 57.8 Å². The molecule has 1 aliphatic carbocycles. The van der Waals surface area contributed by atoms with Crippen LogP contribution in [0.5, 0.6) is 0 Å². The fourth-order valence-electron chi connectivity index (χ4n) is 3.85. The SMILES string of the molecule is COC1(C2(NC(=O)c3ccccc3)CN(C(=O)c3ccnn3C)C2)CC1. The third kappa shape index (κ3) is 2.50. The lowest BCUT2D eigenvalue weighted by atomic mass is 9.80. The minimum atomic E-state index is -0.553. The van der Waals surface area contributed by atoms with Gasteiger partial charge < -0.3 is 15.0 Å². The Labute approximate surface area is 151 Å². The van der Waals surface area contributed by atoms with Gasteiger partial charge in [-0.2, -0.15) is 5.10 Å². The van der Waals surface area contributed by atoms with Gasteiger partial charge in [0.2, 0.25) is 0 Å². The molecule has 2 heterocycles. The molecule has 1 saturated heterocycles. The number of likely N-dealkylation sites (tertiary alicyclic amines) is 1. The summed E-state index contributed by atoms with van der Waals surface area (Å²) in [4.78, 5) is 27.2. The van der Waals surface area contributed by atoms with Crippen LogP contribution >= 0.6 is 0 Å². The van der Waals surface area contributed by atoms with Gasteiger partial charge in [0.25, 0.3) is 11.8 Å². The average molecular weight is 354 g/mol. The second-order valence-corrected chi connectivity index (χ2v) is 7.10. The van der Waals surface area contributed by atoms with E-state index in [9.17, 15) is 9.59 Å². The fourth-order valence-corrected chi connectivity index (χ4v) is 3.85. The van der Waals surface area contributed by atoms with Crippen LogP contribution in [0.1, 0.15) is 33.7 Å². The number of aryl methyl sites for hydroxylation is 1. The predicted molar refractivity (Wildman–Crippen MR) is 94.7 cm³/mol. The molecule has 2 aliphatic rings. The number of amides is 2. The van der Waals surface area contributed by atoms with Crippen LogP contribution in [0, 0.1) is 0 Å². The number of ether oxygens (including phenoxy) is 1. The van der Waals surface area contributed by atoms with Gasteiger partial charge >= 0.3 is 0 Å². The molecule has 0 bridgehead atoms. The molecule has 2 aromatic rings. The van der Waals surface area contributed by atoms with E-state index in [-0.39, 0.29) is 17.4 Å². The lowest BCUT2D eigenvalue weighted by Crippen LogP contribution is -2.77. The van der Waals surface area contributed by atoms with Gasteiger partial charge in [-0.15, -0.1) is 0 Å². The number of methoxy groups -OCH3 is 1. The number of benzene rings is 1. The summed E-state index contributed by atoms with van der Waals surface area (Å²) in [6, 6.07) is 10.8. The van der Waals surface area contributed by atoms with Crippen LogP contribution in [0.4, 0.5) is 0 Å². The molecule has 1 N–H and O–H groups in total. The van der Waals surface area contributed by atoms with Crippen molar-refractivity contribution in [2.75, 3.05) is 20.2 Å². The molecule has 0 atom stereocenters. The van der Waals surface area contributed by atoms with Crippen molar-refractivity contribution in [3.8, 4) is 0 Å². The number of hydrogen-bond donors (Lipinski definition) is 1. The van der Waals surface area contributed by atoms with E-state index >= 15 is 0 Å². The number of hydrogen-bond acceptors (Lipinski definition) is 4. The summed E-state index contributed by atoms with van der Waals surface area (Å²) in [5.74, 6) is -0.219. The average Bonchev–Trinajstić information content (AvgIpc) is 3.32. The smallest absolute Gasteiger partial charge is 0.272 e. The van der Waals surface area contributed by atoms with Gasteiger partial charge in [-0.1, -0.05) is 18.2 Å². The Bertz CT molecular complexity index is 835. The number of nitrogens with one attached hydrogen (secondary N) is 1. The zero-order valence-corrected chi connectivity index (χ0v) is 14.9. The summed E-state index contributed by atoms with van der Waals surface area (Å²) >= 11 is 0. The first-order chi connectivity index (χ1) is 12.5. The highest BCUT2D eigenvalue weighted by Crippen LogP contribution is 2.51. The third-order valence-corrected chi connectivity index (χ3v) is 5.60. The molecule has 136 valence electrons. The van der Waals surface area contributed by atoms with Gasteiger partial charge in [-0.3, -0.25) is 14.3 Å². The normalized spacial score (nSPS) is 19.5. The van der Waals surface area contributed by atoms with Crippen LogP contribution in [-0.2, 0) is 11.8 Å². The molecule has 0 radical (unpaired) electrons. The molecule has 1 saturated carbocycles. The molecule has 4 rings (SSSR count). The van der Waals surface area contributed by atoms with Gasteiger partial charge in [-0.25, -0.2) is 0 Å². The Balaban J connectivity index is 1.54. The number of nitrogens with zero attached hydrogens (tertiary/aromatic N) is 3. The quantitative estimate of drug-likeness (QED) is 0.876. The number of aromatic nitrogens is 2. The van der Waals surface area contributed by atoms with E-state index < -0.39 is 5.54 Å². The maximum atomic E-state index is 12.7. The van der Waals surface area contributed by atoms with E-state index in [0.717, 1.165) is 12.8 Å². The fraction of sp³-hybridized carbons (Fsp3) is 0.421. The van der Waals surface area contributed by atoms with E-state index in [0.29, 0.717) is 24.3 Å². The largest absolute Gasteiger partial charge is 0.376 e. The molecular weight excluding hydrogens is 332 g/mol. The van der Waals surface area contributed by atoms with Crippen LogP contribution in [0.25, 0.3) is 0 Å². The molecule has 2 fully saturated rings. The monoisotopic (exact) mass is 354 g/mol. The Morgan fingerprint density at radius 1 is 1.15 bits per heavy atom. The van der Waals surface area contributed by atoms with E-state index in [1.807, 2.05) is 18.2 Å². The maximum absolute atomic E-state index is 12.7. The minimum absolute atomic E-state index is 0.0820. The first-order valence-corrected chi connectivity index (χ1v) is 8.70. The maximum Gasteiger partial charge on any atom is 0.272 e. The van der Waals surface area contributed by atoms with Crippen molar-refractivity contribution in [3.05, 3.63) is 53.9 Å². The minimum Gasteiger partial charge on any atom is -0.376 e. The molecule has 2 amide bonds. The molecule has 1 aromatic carbocycles. The number of rotatable bonds is 5. The highest BCUT2D eigenvalue weighted by atomic mass is 16.5. The lowest BCUT2D eigenvalue weighted by Gasteiger charge is -2.54. The summed E-state index contributed by atoms with van der Waals surface area (Å²) in [7, 11) is 3.42. The molecular formula is C19H22N4O3. The zero-order valence-electron chi connectivity index (χ0n) is 14.9. The first kappa shape index (κ1) is 16.8. The van der Waals surface area contributed by atoms with Crippen molar-refractivity contribution < 1.29 is 14.3 Å². The molecule has 0 unspecified atom stereocenters. The van der Waals surface area contributed by atoms with Gasteiger partial charge in [0, 0.05) is 39.0 Å². The third-order valence-electron chi connectivity index (χ3n) is 5.60. The Morgan fingerprint density at radius 2 is 1.85 bits per heavy atom. The van der Waals surface area contributed by atoms with Gasteiger partial charge in [0.15, 0.2) is 0 Å². The zero-order chi connectivity index (χ0) is 18.4. The molecule has 1 aliphatic heterocycles.